The first-order chi connectivity index (χ1) is 11.2. The van der Waals surface area contributed by atoms with E-state index >= 15 is 0 Å². The number of nitrogens with zero attached hydrogens (tertiary/aromatic N) is 3. The Kier molecular flexibility index (Phi) is 4.35. The van der Waals surface area contributed by atoms with E-state index in [-0.39, 0.29) is 0 Å². The van der Waals surface area contributed by atoms with E-state index in [1.54, 1.807) is 0 Å². The number of benzene rings is 1. The quantitative estimate of drug-likeness (QED) is 0.828. The van der Waals surface area contributed by atoms with Crippen LogP contribution in [0.4, 0.5) is 0 Å². The second-order valence-electron chi connectivity index (χ2n) is 6.43. The van der Waals surface area contributed by atoms with Crippen molar-refractivity contribution in [1.82, 2.24) is 15.0 Å². The van der Waals surface area contributed by atoms with Gasteiger partial charge in [-0.05, 0) is 43.5 Å². The zero-order valence-corrected chi connectivity index (χ0v) is 14.6. The molecule has 1 saturated carbocycles. The smallest absolute Gasteiger partial charge is 0.241 e. The monoisotopic (exact) mass is 349 g/mol. The van der Waals surface area contributed by atoms with E-state index in [1.807, 2.05) is 24.3 Å². The third-order valence-electron chi connectivity index (χ3n) is 4.89. The van der Waals surface area contributed by atoms with Crippen LogP contribution in [0.15, 0.2) is 28.8 Å². The first-order valence-corrected chi connectivity index (χ1v) is 9.54. The van der Waals surface area contributed by atoms with E-state index in [0.29, 0.717) is 21.5 Å². The molecule has 0 radical (unpaired) electrons. The zero-order valence-electron chi connectivity index (χ0n) is 13.0. The molecule has 0 N–H and O–H groups in total. The van der Waals surface area contributed by atoms with Crippen molar-refractivity contribution in [2.45, 2.75) is 37.0 Å². The van der Waals surface area contributed by atoms with Crippen LogP contribution < -0.4 is 0 Å². The van der Waals surface area contributed by atoms with Crippen molar-refractivity contribution in [3.05, 3.63) is 35.2 Å². The van der Waals surface area contributed by atoms with Gasteiger partial charge in [0.2, 0.25) is 11.7 Å². The molecule has 4 rings (SSSR count). The number of hydrogen-bond donors (Lipinski definition) is 0. The molecule has 0 unspecified atom stereocenters. The highest BCUT2D eigenvalue weighted by atomic mass is 35.5. The Hall–Kier alpha value is -1.04. The minimum absolute atomic E-state index is 0.581. The van der Waals surface area contributed by atoms with Crippen molar-refractivity contribution in [3.63, 3.8) is 0 Å². The van der Waals surface area contributed by atoms with E-state index in [0.717, 1.165) is 25.2 Å². The minimum Gasteiger partial charge on any atom is -0.338 e. The van der Waals surface area contributed by atoms with E-state index in [9.17, 15) is 0 Å². The van der Waals surface area contributed by atoms with Crippen LogP contribution in [0.25, 0.3) is 11.4 Å². The Labute approximate surface area is 145 Å². The fourth-order valence-electron chi connectivity index (χ4n) is 3.29. The summed E-state index contributed by atoms with van der Waals surface area (Å²) < 4.78 is 6.02. The molecule has 1 aromatic heterocycles. The van der Waals surface area contributed by atoms with Gasteiger partial charge in [-0.1, -0.05) is 23.2 Å². The third-order valence-corrected chi connectivity index (χ3v) is 6.76. The predicted molar refractivity (Wildman–Crippen MR) is 93.7 cm³/mol. The Morgan fingerprint density at radius 1 is 1.17 bits per heavy atom. The van der Waals surface area contributed by atoms with Gasteiger partial charge < -0.3 is 4.52 Å². The highest BCUT2D eigenvalue weighted by Crippen LogP contribution is 2.47. The van der Waals surface area contributed by atoms with Gasteiger partial charge in [-0.2, -0.15) is 16.7 Å². The number of halogens is 1. The second kappa shape index (κ2) is 6.46. The number of aromatic nitrogens is 2. The first kappa shape index (κ1) is 15.5. The lowest BCUT2D eigenvalue weighted by molar-refractivity contribution is 0.218. The van der Waals surface area contributed by atoms with Crippen molar-refractivity contribution in [2.75, 3.05) is 18.8 Å². The highest BCUT2D eigenvalue weighted by Gasteiger charge is 2.38. The molecule has 2 aliphatic rings. The summed E-state index contributed by atoms with van der Waals surface area (Å²) in [5.74, 6) is 2.54. The van der Waals surface area contributed by atoms with Gasteiger partial charge in [0.05, 0.1) is 6.54 Å². The van der Waals surface area contributed by atoms with Gasteiger partial charge in [0.15, 0.2) is 0 Å². The van der Waals surface area contributed by atoms with Crippen LogP contribution in [-0.4, -0.2) is 38.6 Å². The Morgan fingerprint density at radius 2 is 2.00 bits per heavy atom. The highest BCUT2D eigenvalue weighted by molar-refractivity contribution is 8.00. The molecule has 1 aliphatic carbocycles. The largest absolute Gasteiger partial charge is 0.338 e. The molecular weight excluding hydrogens is 330 g/mol. The average molecular weight is 350 g/mol. The summed E-state index contributed by atoms with van der Waals surface area (Å²) in [5.41, 5.74) is 0.934. The molecule has 0 bridgehead atoms. The first-order valence-electron chi connectivity index (χ1n) is 8.17. The maximum Gasteiger partial charge on any atom is 0.241 e. The lowest BCUT2D eigenvalue weighted by Crippen LogP contribution is -2.35. The van der Waals surface area contributed by atoms with E-state index in [2.05, 4.69) is 26.8 Å². The lowest BCUT2D eigenvalue weighted by atomic mass is 9.81. The summed E-state index contributed by atoms with van der Waals surface area (Å²) in [6.07, 6.45) is 5.48. The van der Waals surface area contributed by atoms with Gasteiger partial charge in [0.1, 0.15) is 0 Å². The molecular formula is C17H20ClN3OS. The summed E-state index contributed by atoms with van der Waals surface area (Å²) >= 11 is 8.09. The Balaban J connectivity index is 1.40. The minimum atomic E-state index is 0.581. The standard InChI is InChI=1S/C17H20ClN3OS/c18-14-4-2-13(3-5-14)16-19-15(22-20-16)12-21-9-8-17(6-1-7-17)23-11-10-21/h2-5H,1,6-12H2. The summed E-state index contributed by atoms with van der Waals surface area (Å²) in [5, 5.41) is 4.81. The van der Waals surface area contributed by atoms with Crippen LogP contribution in [0.2, 0.25) is 5.02 Å². The fraction of sp³-hybridized carbons (Fsp3) is 0.529. The number of rotatable bonds is 3. The summed E-state index contributed by atoms with van der Waals surface area (Å²) in [6, 6.07) is 7.52. The van der Waals surface area contributed by atoms with Crippen LogP contribution >= 0.6 is 23.4 Å². The van der Waals surface area contributed by atoms with Gasteiger partial charge in [0, 0.05) is 34.2 Å². The van der Waals surface area contributed by atoms with E-state index in [1.165, 1.54) is 31.4 Å². The molecule has 4 nitrogen and oxygen atoms in total. The van der Waals surface area contributed by atoms with Crippen LogP contribution in [0, 0.1) is 0 Å². The average Bonchev–Trinajstić information content (AvgIpc) is 2.86. The molecule has 2 fully saturated rings. The molecule has 1 aromatic carbocycles. The van der Waals surface area contributed by atoms with Crippen molar-refractivity contribution in [3.8, 4) is 11.4 Å². The SMILES string of the molecule is Clc1ccc(-c2noc(CN3CCSC4(CCC4)CC3)n2)cc1. The van der Waals surface area contributed by atoms with Crippen LogP contribution in [-0.2, 0) is 6.54 Å². The third kappa shape index (κ3) is 3.42. The number of hydrogen-bond acceptors (Lipinski definition) is 5. The maximum atomic E-state index is 5.92. The predicted octanol–water partition coefficient (Wildman–Crippen LogP) is 4.25. The molecule has 2 aromatic rings. The molecule has 0 amide bonds. The molecule has 0 atom stereocenters. The van der Waals surface area contributed by atoms with E-state index in [4.69, 9.17) is 16.1 Å². The zero-order chi connectivity index (χ0) is 15.7. The van der Waals surface area contributed by atoms with Crippen molar-refractivity contribution in [2.24, 2.45) is 0 Å². The molecule has 6 heteroatoms. The van der Waals surface area contributed by atoms with Crippen molar-refractivity contribution < 1.29 is 4.52 Å². The Morgan fingerprint density at radius 3 is 2.74 bits per heavy atom. The van der Waals surface area contributed by atoms with Gasteiger partial charge in [-0.25, -0.2) is 0 Å². The molecule has 1 aliphatic heterocycles. The van der Waals surface area contributed by atoms with Crippen molar-refractivity contribution in [1.29, 1.82) is 0 Å². The van der Waals surface area contributed by atoms with Gasteiger partial charge in [-0.3, -0.25) is 4.90 Å². The van der Waals surface area contributed by atoms with E-state index < -0.39 is 0 Å². The maximum absolute atomic E-state index is 5.92. The Bertz CT molecular complexity index is 669. The van der Waals surface area contributed by atoms with Gasteiger partial charge in [0.25, 0.3) is 0 Å². The molecule has 2 heterocycles. The lowest BCUT2D eigenvalue weighted by Gasteiger charge is -2.40. The van der Waals surface area contributed by atoms with Gasteiger partial charge in [-0.15, -0.1) is 0 Å². The topological polar surface area (TPSA) is 42.2 Å². The van der Waals surface area contributed by atoms with Crippen LogP contribution in [0.5, 0.6) is 0 Å². The molecule has 1 saturated heterocycles. The second-order valence-corrected chi connectivity index (χ2v) is 8.43. The molecule has 23 heavy (non-hydrogen) atoms. The summed E-state index contributed by atoms with van der Waals surface area (Å²) in [7, 11) is 0. The molecule has 1 spiro atoms. The van der Waals surface area contributed by atoms with Gasteiger partial charge >= 0.3 is 0 Å². The van der Waals surface area contributed by atoms with Crippen molar-refractivity contribution >= 4 is 23.4 Å². The number of thioether (sulfide) groups is 1. The van der Waals surface area contributed by atoms with Crippen LogP contribution in [0.1, 0.15) is 31.6 Å². The molecule has 122 valence electrons. The fourth-order valence-corrected chi connectivity index (χ4v) is 5.01. The summed E-state index contributed by atoms with van der Waals surface area (Å²) in [4.78, 5) is 6.98. The van der Waals surface area contributed by atoms with Crippen LogP contribution in [0.3, 0.4) is 0 Å². The summed E-state index contributed by atoms with van der Waals surface area (Å²) in [6.45, 7) is 2.98. The normalized spacial score (nSPS) is 21.1.